The number of aromatic nitrogens is 7. The number of hydrogen-bond donors (Lipinski definition) is 1. The number of amides is 1. The summed E-state index contributed by atoms with van der Waals surface area (Å²) < 4.78 is 3.58. The zero-order valence-electron chi connectivity index (χ0n) is 16.7. The van der Waals surface area contributed by atoms with Crippen LogP contribution in [-0.4, -0.2) is 53.1 Å². The summed E-state index contributed by atoms with van der Waals surface area (Å²) in [6, 6.07) is 9.60. The topological polar surface area (TPSA) is 106 Å². The van der Waals surface area contributed by atoms with Gasteiger partial charge in [0.1, 0.15) is 24.8 Å². The molecule has 5 heterocycles. The van der Waals surface area contributed by atoms with Crippen molar-refractivity contribution in [2.75, 3.05) is 23.3 Å². The molecule has 158 valence electrons. The summed E-state index contributed by atoms with van der Waals surface area (Å²) in [5, 5.41) is 9.09. The smallest absolute Gasteiger partial charge is 0.231 e. The maximum Gasteiger partial charge on any atom is 0.231 e. The van der Waals surface area contributed by atoms with Gasteiger partial charge in [0.15, 0.2) is 10.8 Å². The van der Waals surface area contributed by atoms with Gasteiger partial charge in [-0.1, -0.05) is 12.1 Å². The molecular weight excluding hydrogens is 426 g/mol. The second-order valence-corrected chi connectivity index (χ2v) is 8.33. The highest BCUT2D eigenvalue weighted by Gasteiger charge is 2.33. The summed E-state index contributed by atoms with van der Waals surface area (Å²) in [5.41, 5.74) is 2.70. The van der Waals surface area contributed by atoms with Crippen LogP contribution in [0.15, 0.2) is 67.1 Å². The Labute approximate surface area is 186 Å². The van der Waals surface area contributed by atoms with E-state index >= 15 is 0 Å². The molecule has 0 atom stereocenters. The van der Waals surface area contributed by atoms with Crippen LogP contribution >= 0.6 is 11.3 Å². The number of carbonyl (C=O) groups is 1. The van der Waals surface area contributed by atoms with Gasteiger partial charge >= 0.3 is 0 Å². The van der Waals surface area contributed by atoms with Gasteiger partial charge in [0.05, 0.1) is 11.6 Å². The van der Waals surface area contributed by atoms with Crippen LogP contribution in [0.5, 0.6) is 0 Å². The Morgan fingerprint density at radius 1 is 1.09 bits per heavy atom. The number of rotatable bonds is 5. The molecule has 0 saturated carbocycles. The van der Waals surface area contributed by atoms with Crippen LogP contribution in [0.4, 0.5) is 11.5 Å². The van der Waals surface area contributed by atoms with Crippen molar-refractivity contribution < 1.29 is 4.79 Å². The highest BCUT2D eigenvalue weighted by Crippen LogP contribution is 2.26. The molecule has 1 aromatic carbocycles. The molecule has 11 heteroatoms. The third kappa shape index (κ3) is 3.38. The van der Waals surface area contributed by atoms with E-state index in [-0.39, 0.29) is 11.8 Å². The Balaban J connectivity index is 1.08. The van der Waals surface area contributed by atoms with Gasteiger partial charge < -0.3 is 10.2 Å². The first kappa shape index (κ1) is 18.6. The van der Waals surface area contributed by atoms with E-state index in [4.69, 9.17) is 0 Å². The Morgan fingerprint density at radius 2 is 1.94 bits per heavy atom. The van der Waals surface area contributed by atoms with Crippen LogP contribution in [0, 0.1) is 5.92 Å². The first-order valence-electron chi connectivity index (χ1n) is 9.98. The minimum absolute atomic E-state index is 0.00191. The maximum atomic E-state index is 12.7. The number of nitrogens with zero attached hydrogens (tertiary/aromatic N) is 8. The molecule has 0 aliphatic carbocycles. The van der Waals surface area contributed by atoms with Gasteiger partial charge in [-0.25, -0.2) is 24.6 Å². The summed E-state index contributed by atoms with van der Waals surface area (Å²) in [6.07, 6.45) is 8.52. The predicted octanol–water partition coefficient (Wildman–Crippen LogP) is 2.51. The minimum Gasteiger partial charge on any atom is -0.355 e. The third-order valence-corrected chi connectivity index (χ3v) is 6.18. The number of thiazole rings is 1. The molecule has 1 fully saturated rings. The highest BCUT2D eigenvalue weighted by molar-refractivity contribution is 7.15. The third-order valence-electron chi connectivity index (χ3n) is 5.41. The van der Waals surface area contributed by atoms with E-state index < -0.39 is 0 Å². The standard InChI is InChI=1S/C21H17N9OS/c31-20(15-8-29(9-15)18-7-19(24-12-23-18)30-13-22-11-25-30)26-16-3-1-14(2-4-16)17-10-28-5-6-32-21(28)27-17/h1-7,10-13,15H,8-9H2,(H,26,31). The molecule has 0 bridgehead atoms. The normalized spacial score (nSPS) is 13.9. The number of fused-ring (bicyclic) bond motifs is 1. The van der Waals surface area contributed by atoms with Gasteiger partial charge in [-0.2, -0.15) is 5.10 Å². The molecule has 32 heavy (non-hydrogen) atoms. The van der Waals surface area contributed by atoms with Crippen molar-refractivity contribution in [3.8, 4) is 17.1 Å². The van der Waals surface area contributed by atoms with E-state index in [2.05, 4.69) is 30.4 Å². The number of anilines is 2. The van der Waals surface area contributed by atoms with Crippen LogP contribution in [0.2, 0.25) is 0 Å². The summed E-state index contributed by atoms with van der Waals surface area (Å²) in [6.45, 7) is 1.20. The Hall–Kier alpha value is -4.12. The van der Waals surface area contributed by atoms with Crippen molar-refractivity contribution in [1.82, 2.24) is 34.1 Å². The number of nitrogens with one attached hydrogen (secondary N) is 1. The van der Waals surface area contributed by atoms with Gasteiger partial charge in [0.2, 0.25) is 5.91 Å². The summed E-state index contributed by atoms with van der Waals surface area (Å²) in [5.74, 6) is 1.30. The number of hydrogen-bond acceptors (Lipinski definition) is 8. The second-order valence-electron chi connectivity index (χ2n) is 7.46. The monoisotopic (exact) mass is 443 g/mol. The molecule has 5 aromatic rings. The Bertz CT molecular complexity index is 1360. The predicted molar refractivity (Wildman–Crippen MR) is 120 cm³/mol. The van der Waals surface area contributed by atoms with Crippen molar-refractivity contribution in [1.29, 1.82) is 0 Å². The van der Waals surface area contributed by atoms with E-state index in [1.165, 1.54) is 12.7 Å². The fourth-order valence-electron chi connectivity index (χ4n) is 3.63. The Morgan fingerprint density at radius 3 is 2.72 bits per heavy atom. The second kappa shape index (κ2) is 7.54. The zero-order valence-corrected chi connectivity index (χ0v) is 17.6. The lowest BCUT2D eigenvalue weighted by Crippen LogP contribution is -2.52. The molecule has 1 aliphatic heterocycles. The van der Waals surface area contributed by atoms with Gasteiger partial charge in [-0.05, 0) is 12.1 Å². The fraction of sp³-hybridized carbons (Fsp3) is 0.143. The number of benzene rings is 1. The van der Waals surface area contributed by atoms with Crippen LogP contribution in [0.3, 0.4) is 0 Å². The molecule has 0 radical (unpaired) electrons. The molecular formula is C21H17N9OS. The lowest BCUT2D eigenvalue weighted by molar-refractivity contribution is -0.120. The van der Waals surface area contributed by atoms with Crippen molar-refractivity contribution in [2.24, 2.45) is 5.92 Å². The molecule has 1 saturated heterocycles. The van der Waals surface area contributed by atoms with Crippen molar-refractivity contribution in [3.05, 3.63) is 67.1 Å². The SMILES string of the molecule is O=C(Nc1ccc(-c2cn3ccsc3n2)cc1)C1CN(c2cc(-n3cncn3)ncn2)C1. The molecule has 1 N–H and O–H groups in total. The quantitative estimate of drug-likeness (QED) is 0.445. The lowest BCUT2D eigenvalue weighted by Gasteiger charge is -2.39. The minimum atomic E-state index is -0.0978. The average Bonchev–Trinajstić information content (AvgIpc) is 3.51. The molecule has 6 rings (SSSR count). The van der Waals surface area contributed by atoms with Crippen molar-refractivity contribution in [3.63, 3.8) is 0 Å². The van der Waals surface area contributed by atoms with E-state index in [0.29, 0.717) is 18.9 Å². The van der Waals surface area contributed by atoms with Crippen molar-refractivity contribution >= 4 is 33.7 Å². The Kier molecular flexibility index (Phi) is 4.39. The van der Waals surface area contributed by atoms with Crippen molar-refractivity contribution in [2.45, 2.75) is 0 Å². The summed E-state index contributed by atoms with van der Waals surface area (Å²) >= 11 is 1.60. The van der Waals surface area contributed by atoms with E-state index in [0.717, 1.165) is 27.7 Å². The largest absolute Gasteiger partial charge is 0.355 e. The van der Waals surface area contributed by atoms with E-state index in [1.807, 2.05) is 57.4 Å². The first-order chi connectivity index (χ1) is 15.7. The lowest BCUT2D eigenvalue weighted by atomic mass is 9.99. The first-order valence-corrected chi connectivity index (χ1v) is 10.9. The van der Waals surface area contributed by atoms with E-state index in [1.54, 1.807) is 22.3 Å². The van der Waals surface area contributed by atoms with Gasteiger partial charge in [-0.15, -0.1) is 11.3 Å². The van der Waals surface area contributed by atoms with Gasteiger partial charge in [-0.3, -0.25) is 9.20 Å². The number of carbonyl (C=O) groups excluding carboxylic acids is 1. The molecule has 0 spiro atoms. The number of imidazole rings is 1. The maximum absolute atomic E-state index is 12.7. The summed E-state index contributed by atoms with van der Waals surface area (Å²) in [4.78, 5) is 32.7. The van der Waals surface area contributed by atoms with Gasteiger partial charge in [0.25, 0.3) is 0 Å². The van der Waals surface area contributed by atoms with Crippen LogP contribution in [0.1, 0.15) is 0 Å². The van der Waals surface area contributed by atoms with Crippen LogP contribution in [0.25, 0.3) is 22.0 Å². The van der Waals surface area contributed by atoms with Crippen LogP contribution < -0.4 is 10.2 Å². The molecule has 0 unspecified atom stereocenters. The summed E-state index contributed by atoms with van der Waals surface area (Å²) in [7, 11) is 0. The average molecular weight is 443 g/mol. The molecule has 4 aromatic heterocycles. The molecule has 10 nitrogen and oxygen atoms in total. The van der Waals surface area contributed by atoms with Gasteiger partial charge in [0, 0.05) is 48.2 Å². The van der Waals surface area contributed by atoms with E-state index in [9.17, 15) is 4.79 Å². The highest BCUT2D eigenvalue weighted by atomic mass is 32.1. The van der Waals surface area contributed by atoms with Crippen LogP contribution in [-0.2, 0) is 4.79 Å². The molecule has 1 aliphatic rings. The fourth-order valence-corrected chi connectivity index (χ4v) is 4.33. The molecule has 1 amide bonds. The zero-order chi connectivity index (χ0) is 21.5.